The predicted octanol–water partition coefficient (Wildman–Crippen LogP) is 9.73. The second-order valence-corrected chi connectivity index (χ2v) is 12.5. The summed E-state index contributed by atoms with van der Waals surface area (Å²) in [4.78, 5) is 4.30. The van der Waals surface area contributed by atoms with Crippen molar-refractivity contribution >= 4 is 21.8 Å². The van der Waals surface area contributed by atoms with Crippen molar-refractivity contribution in [3.8, 4) is 16.9 Å². The van der Waals surface area contributed by atoms with E-state index >= 15 is 0 Å². The van der Waals surface area contributed by atoms with Crippen molar-refractivity contribution in [2.75, 3.05) is 0 Å². The zero-order valence-electron chi connectivity index (χ0n) is 26.6. The molecule has 0 saturated carbocycles. The van der Waals surface area contributed by atoms with Crippen LogP contribution < -0.4 is 0 Å². The quantitative estimate of drug-likeness (QED) is 0.131. The summed E-state index contributed by atoms with van der Waals surface area (Å²) in [6.07, 6.45) is 3.96. The summed E-state index contributed by atoms with van der Waals surface area (Å²) in [7, 11) is 0. The fraction of sp³-hybridized carbons (Fsp3) is 0.225. The Hall–Kier alpha value is -3.98. The van der Waals surface area contributed by atoms with E-state index in [1.807, 2.05) is 39.0 Å². The molecule has 0 amide bonds. The molecule has 0 aliphatic rings. The normalized spacial score (nSPS) is 12.4. The first-order chi connectivity index (χ1) is 21.1. The Bertz CT molecular complexity index is 1810. The maximum absolute atomic E-state index is 10.2. The van der Waals surface area contributed by atoms with Gasteiger partial charge < -0.3 is 19.8 Å². The summed E-state index contributed by atoms with van der Waals surface area (Å²) >= 11 is 0. The minimum absolute atomic E-state index is 0. The van der Waals surface area contributed by atoms with E-state index < -0.39 is 6.10 Å². The number of aryl methyl sites for hydroxylation is 3. The van der Waals surface area contributed by atoms with E-state index in [0.29, 0.717) is 6.42 Å². The third-order valence-electron chi connectivity index (χ3n) is 7.77. The van der Waals surface area contributed by atoms with Gasteiger partial charge in [0.15, 0.2) is 0 Å². The Morgan fingerprint density at radius 2 is 1.44 bits per heavy atom. The third kappa shape index (κ3) is 8.39. The number of hydrogen-bond acceptors (Lipinski definition) is 3. The van der Waals surface area contributed by atoms with Gasteiger partial charge in [-0.1, -0.05) is 95.3 Å². The van der Waals surface area contributed by atoms with E-state index in [0.717, 1.165) is 34.5 Å². The summed E-state index contributed by atoms with van der Waals surface area (Å²) in [5.74, 6) is 0.240. The van der Waals surface area contributed by atoms with E-state index in [-0.39, 0.29) is 32.2 Å². The first kappa shape index (κ1) is 33.9. The molecule has 0 radical (unpaired) electrons. The topological polar surface area (TPSA) is 58.3 Å². The van der Waals surface area contributed by atoms with Crippen LogP contribution in [0, 0.1) is 25.3 Å². The first-order valence-electron chi connectivity index (χ1n) is 15.2. The van der Waals surface area contributed by atoms with E-state index in [2.05, 4.69) is 114 Å². The largest absolute Gasteiger partial charge is 0.513 e. The molecular formula is C40H41N2O2Pt-. The molecule has 2 aromatic heterocycles. The predicted molar refractivity (Wildman–Crippen MR) is 183 cm³/mol. The molecule has 1 unspecified atom stereocenters. The van der Waals surface area contributed by atoms with Gasteiger partial charge in [0.1, 0.15) is 0 Å². The second-order valence-electron chi connectivity index (χ2n) is 12.5. The maximum Gasteiger partial charge on any atom is 0.0912 e. The van der Waals surface area contributed by atoms with E-state index in [9.17, 15) is 10.2 Å². The number of nitrogens with zero attached hydrogens (tertiary/aromatic N) is 2. The number of rotatable bonds is 6. The van der Waals surface area contributed by atoms with Crippen molar-refractivity contribution in [2.45, 2.75) is 53.6 Å². The van der Waals surface area contributed by atoms with Crippen molar-refractivity contribution in [2.24, 2.45) is 5.41 Å². The summed E-state index contributed by atoms with van der Waals surface area (Å²) in [5.41, 5.74) is 8.86. The molecule has 5 heteroatoms. The molecule has 0 aliphatic carbocycles. The van der Waals surface area contributed by atoms with Gasteiger partial charge in [0.2, 0.25) is 0 Å². The van der Waals surface area contributed by atoms with Gasteiger partial charge >= 0.3 is 0 Å². The molecule has 6 aromatic rings. The van der Waals surface area contributed by atoms with Gasteiger partial charge in [0.05, 0.1) is 22.9 Å². The van der Waals surface area contributed by atoms with Crippen molar-refractivity contribution in [3.63, 3.8) is 0 Å². The molecule has 0 saturated heterocycles. The Morgan fingerprint density at radius 3 is 2.00 bits per heavy atom. The maximum atomic E-state index is 10.2. The number of pyridine rings is 1. The van der Waals surface area contributed by atoms with Crippen molar-refractivity contribution in [1.29, 1.82) is 0 Å². The number of benzene rings is 4. The molecule has 4 aromatic carbocycles. The monoisotopic (exact) mass is 776 g/mol. The number of fused-ring (bicyclic) bond motifs is 3. The summed E-state index contributed by atoms with van der Waals surface area (Å²) in [6.45, 7) is 10.0. The Kier molecular flexibility index (Phi) is 11.2. The van der Waals surface area contributed by atoms with Crippen LogP contribution >= 0.6 is 0 Å². The van der Waals surface area contributed by atoms with Gasteiger partial charge in [-0.15, -0.1) is 34.9 Å². The second kappa shape index (κ2) is 14.9. The van der Waals surface area contributed by atoms with Gasteiger partial charge in [0, 0.05) is 50.1 Å². The molecule has 234 valence electrons. The number of para-hydroxylation sites is 2. The Morgan fingerprint density at radius 1 is 0.844 bits per heavy atom. The van der Waals surface area contributed by atoms with Gasteiger partial charge in [-0.3, -0.25) is 0 Å². The van der Waals surface area contributed by atoms with Crippen molar-refractivity contribution in [1.82, 2.24) is 9.55 Å². The van der Waals surface area contributed by atoms with Crippen LogP contribution in [0.15, 0.2) is 121 Å². The minimum Gasteiger partial charge on any atom is -0.513 e. The molecular weight excluding hydrogens is 736 g/mol. The minimum atomic E-state index is -0.657. The van der Waals surface area contributed by atoms with Crippen LogP contribution in [-0.4, -0.2) is 25.9 Å². The third-order valence-corrected chi connectivity index (χ3v) is 7.77. The summed E-state index contributed by atoms with van der Waals surface area (Å²) in [6, 6.07) is 38.9. The van der Waals surface area contributed by atoms with Crippen LogP contribution in [0.3, 0.4) is 0 Å². The molecule has 0 spiro atoms. The van der Waals surface area contributed by atoms with Crippen LogP contribution in [0.4, 0.5) is 0 Å². The molecule has 0 bridgehead atoms. The van der Waals surface area contributed by atoms with Crippen LogP contribution in [-0.2, 0) is 27.5 Å². The Balaban J connectivity index is 0.000000258. The number of aliphatic hydroxyl groups excluding tert-OH is 2. The first-order valence-corrected chi connectivity index (χ1v) is 15.2. The SMILES string of the molecule is CC(C)(C)C(O)C=C(O)CCc1ccc(-n2c3ccccc3c3ccccc32)cc1.Cc1[c-]c(-c2ccccn2)cc(C)c1.[Pt]. The van der Waals surface area contributed by atoms with Crippen LogP contribution in [0.5, 0.6) is 0 Å². The molecule has 0 fully saturated rings. The zero-order valence-corrected chi connectivity index (χ0v) is 28.8. The average Bonchev–Trinajstić information content (AvgIpc) is 3.35. The molecule has 2 N–H and O–H groups in total. The average molecular weight is 777 g/mol. The Labute approximate surface area is 281 Å². The molecule has 2 heterocycles. The number of allylic oxidation sites excluding steroid dienone is 1. The fourth-order valence-electron chi connectivity index (χ4n) is 5.36. The van der Waals surface area contributed by atoms with Gasteiger partial charge in [-0.2, -0.15) is 0 Å². The van der Waals surface area contributed by atoms with Crippen LogP contribution in [0.1, 0.15) is 43.9 Å². The molecule has 0 aliphatic heterocycles. The van der Waals surface area contributed by atoms with Gasteiger partial charge in [0.25, 0.3) is 0 Å². The van der Waals surface area contributed by atoms with E-state index in [1.54, 1.807) is 12.3 Å². The molecule has 6 rings (SSSR count). The van der Waals surface area contributed by atoms with Crippen LogP contribution in [0.2, 0.25) is 0 Å². The van der Waals surface area contributed by atoms with Crippen molar-refractivity contribution in [3.05, 3.63) is 144 Å². The fourth-order valence-corrected chi connectivity index (χ4v) is 5.36. The standard InChI is InChI=1S/C27H29NO2.C13H12N.Pt/c1-27(2,3)26(30)18-21(29)17-14-19-12-15-20(16-13-19)28-24-10-6-4-8-22(24)23-9-5-7-11-25(23)28;1-10-7-11(2)9-12(8-10)13-5-3-4-6-14-13;/h4-13,15-16,18,26,29-30H,14,17H2,1-3H3;3-8H,1-2H3;/q;-1;. The zero-order chi connectivity index (χ0) is 31.3. The van der Waals surface area contributed by atoms with E-state index in [1.165, 1.54) is 27.4 Å². The summed E-state index contributed by atoms with van der Waals surface area (Å²) < 4.78 is 2.30. The van der Waals surface area contributed by atoms with Crippen molar-refractivity contribution < 1.29 is 31.3 Å². The van der Waals surface area contributed by atoms with Crippen LogP contribution in [0.25, 0.3) is 38.8 Å². The number of hydrogen-bond donors (Lipinski definition) is 2. The van der Waals surface area contributed by atoms with Gasteiger partial charge in [-0.25, -0.2) is 0 Å². The number of aliphatic hydroxyl groups is 2. The molecule has 1 atom stereocenters. The van der Waals surface area contributed by atoms with Gasteiger partial charge in [-0.05, 0) is 59.5 Å². The smallest absolute Gasteiger partial charge is 0.0912 e. The van der Waals surface area contributed by atoms with E-state index in [4.69, 9.17) is 0 Å². The summed E-state index contributed by atoms with van der Waals surface area (Å²) in [5, 5.41) is 22.8. The molecule has 4 nitrogen and oxygen atoms in total. The molecule has 45 heavy (non-hydrogen) atoms. The number of aromatic nitrogens is 2.